The summed E-state index contributed by atoms with van der Waals surface area (Å²) in [4.78, 5) is 18.8. The van der Waals surface area contributed by atoms with Crippen LogP contribution in [-0.2, 0) is 9.47 Å². The van der Waals surface area contributed by atoms with Crippen LogP contribution >= 0.6 is 0 Å². The molecule has 1 aliphatic carbocycles. The van der Waals surface area contributed by atoms with Crippen LogP contribution in [0.2, 0.25) is 0 Å². The highest BCUT2D eigenvalue weighted by Gasteiger charge is 2.49. The molecule has 0 aromatic carbocycles. The summed E-state index contributed by atoms with van der Waals surface area (Å²) in [6.07, 6.45) is 5.62. The molecule has 7 nitrogen and oxygen atoms in total. The molecular weight excluding hydrogens is 320 g/mol. The smallest absolute Gasteiger partial charge is 0.319 e. The second kappa shape index (κ2) is 8.12. The number of hydrogen-bond donors (Lipinski definition) is 2. The van der Waals surface area contributed by atoms with E-state index in [1.807, 2.05) is 13.8 Å². The molecule has 1 aliphatic heterocycles. The second-order valence-electron chi connectivity index (χ2n) is 6.81. The number of pyridine rings is 1. The Morgan fingerprint density at radius 1 is 1.44 bits per heavy atom. The average Bonchev–Trinajstić information content (AvgIpc) is 2.60. The number of carbonyl (C=O) groups is 1. The summed E-state index contributed by atoms with van der Waals surface area (Å²) < 4.78 is 11.2. The molecule has 138 valence electrons. The summed E-state index contributed by atoms with van der Waals surface area (Å²) in [5.74, 6) is 0. The molecule has 0 spiro atoms. The Balaban J connectivity index is 1.57. The lowest BCUT2D eigenvalue weighted by molar-refractivity contribution is -0.124. The van der Waals surface area contributed by atoms with Gasteiger partial charge in [0.25, 0.3) is 0 Å². The molecule has 1 saturated heterocycles. The van der Waals surface area contributed by atoms with Crippen molar-refractivity contribution in [2.24, 2.45) is 0 Å². The van der Waals surface area contributed by atoms with E-state index in [-0.39, 0.29) is 11.6 Å². The molecule has 0 radical (unpaired) electrons. The Morgan fingerprint density at radius 2 is 2.20 bits per heavy atom. The maximum absolute atomic E-state index is 12.3. The van der Waals surface area contributed by atoms with Crippen LogP contribution in [0.15, 0.2) is 18.5 Å². The third-order valence-corrected chi connectivity index (χ3v) is 5.15. The summed E-state index contributed by atoms with van der Waals surface area (Å²) in [6.45, 7) is 8.63. The Kier molecular flexibility index (Phi) is 5.88. The van der Waals surface area contributed by atoms with E-state index in [4.69, 9.17) is 9.47 Å². The lowest BCUT2D eigenvalue weighted by Crippen LogP contribution is -2.67. The fourth-order valence-corrected chi connectivity index (χ4v) is 3.72. The maximum atomic E-state index is 12.3. The van der Waals surface area contributed by atoms with Crippen molar-refractivity contribution in [3.8, 4) is 0 Å². The third-order valence-electron chi connectivity index (χ3n) is 5.15. The predicted molar refractivity (Wildman–Crippen MR) is 95.8 cm³/mol. The number of amides is 2. The van der Waals surface area contributed by atoms with Gasteiger partial charge in [-0.2, -0.15) is 0 Å². The van der Waals surface area contributed by atoms with Gasteiger partial charge >= 0.3 is 6.03 Å². The van der Waals surface area contributed by atoms with Gasteiger partial charge in [0.15, 0.2) is 0 Å². The number of nitrogens with one attached hydrogen (secondary N) is 2. The molecule has 0 atom stereocenters. The third kappa shape index (κ3) is 4.29. The van der Waals surface area contributed by atoms with Gasteiger partial charge in [-0.15, -0.1) is 0 Å². The van der Waals surface area contributed by atoms with Crippen molar-refractivity contribution < 1.29 is 14.3 Å². The van der Waals surface area contributed by atoms with Gasteiger partial charge in [0.05, 0.1) is 19.3 Å². The molecule has 2 N–H and O–H groups in total. The molecule has 2 amide bonds. The number of hydrogen-bond acceptors (Lipinski definition) is 5. The van der Waals surface area contributed by atoms with Crippen molar-refractivity contribution >= 4 is 11.7 Å². The molecule has 0 bridgehead atoms. The molecule has 0 unspecified atom stereocenters. The summed E-state index contributed by atoms with van der Waals surface area (Å²) in [6, 6.07) is 1.63. The molecule has 2 fully saturated rings. The van der Waals surface area contributed by atoms with Crippen molar-refractivity contribution in [2.45, 2.75) is 38.3 Å². The van der Waals surface area contributed by atoms with E-state index in [9.17, 15) is 4.79 Å². The van der Waals surface area contributed by atoms with Gasteiger partial charge in [-0.3, -0.25) is 9.88 Å². The van der Waals surface area contributed by atoms with E-state index in [1.54, 1.807) is 18.5 Å². The molecule has 1 aromatic rings. The molecular formula is C18H28N4O3. The van der Waals surface area contributed by atoms with Crippen LogP contribution in [-0.4, -0.2) is 67.0 Å². The van der Waals surface area contributed by atoms with Crippen LogP contribution < -0.4 is 10.6 Å². The van der Waals surface area contributed by atoms with E-state index < -0.39 is 0 Å². The normalized spacial score (nSPS) is 26.7. The molecule has 1 aromatic heterocycles. The summed E-state index contributed by atoms with van der Waals surface area (Å²) in [5.41, 5.74) is 1.71. The highest BCUT2D eigenvalue weighted by molar-refractivity contribution is 5.89. The van der Waals surface area contributed by atoms with Crippen molar-refractivity contribution in [1.82, 2.24) is 15.2 Å². The van der Waals surface area contributed by atoms with E-state index in [0.717, 1.165) is 57.0 Å². The first-order valence-electron chi connectivity index (χ1n) is 9.03. The van der Waals surface area contributed by atoms with Crippen LogP contribution in [0, 0.1) is 6.92 Å². The minimum absolute atomic E-state index is 0.0196. The minimum Gasteiger partial charge on any atom is -0.379 e. The van der Waals surface area contributed by atoms with Crippen LogP contribution in [0.5, 0.6) is 0 Å². The number of urea groups is 1. The fourth-order valence-electron chi connectivity index (χ4n) is 3.72. The summed E-state index contributed by atoms with van der Waals surface area (Å²) in [7, 11) is 0. The van der Waals surface area contributed by atoms with Crippen LogP contribution in [0.25, 0.3) is 0 Å². The van der Waals surface area contributed by atoms with E-state index in [2.05, 4.69) is 20.5 Å². The Labute approximate surface area is 149 Å². The average molecular weight is 348 g/mol. The largest absolute Gasteiger partial charge is 0.379 e. The van der Waals surface area contributed by atoms with Gasteiger partial charge in [0.2, 0.25) is 0 Å². The van der Waals surface area contributed by atoms with Crippen molar-refractivity contribution in [3.05, 3.63) is 24.0 Å². The first-order chi connectivity index (χ1) is 12.1. The zero-order valence-corrected chi connectivity index (χ0v) is 15.1. The lowest BCUT2D eigenvalue weighted by Gasteiger charge is -2.55. The van der Waals surface area contributed by atoms with Crippen molar-refractivity contribution in [3.63, 3.8) is 0 Å². The predicted octanol–water partition coefficient (Wildman–Crippen LogP) is 1.78. The molecule has 2 heterocycles. The van der Waals surface area contributed by atoms with Crippen molar-refractivity contribution in [2.75, 3.05) is 44.8 Å². The SMILES string of the molecule is CCOC1CC(CNC(=O)Nc2ccncc2C)(N2CCOCC2)C1. The maximum Gasteiger partial charge on any atom is 0.319 e. The monoisotopic (exact) mass is 348 g/mol. The molecule has 3 rings (SSSR count). The van der Waals surface area contributed by atoms with Crippen LogP contribution in [0.3, 0.4) is 0 Å². The highest BCUT2D eigenvalue weighted by Crippen LogP contribution is 2.39. The summed E-state index contributed by atoms with van der Waals surface area (Å²) >= 11 is 0. The zero-order chi connectivity index (χ0) is 17.7. The van der Waals surface area contributed by atoms with Gasteiger partial charge in [-0.1, -0.05) is 0 Å². The number of ether oxygens (including phenoxy) is 2. The van der Waals surface area contributed by atoms with E-state index >= 15 is 0 Å². The molecule has 25 heavy (non-hydrogen) atoms. The first-order valence-corrected chi connectivity index (χ1v) is 9.03. The topological polar surface area (TPSA) is 75.7 Å². The zero-order valence-electron chi connectivity index (χ0n) is 15.1. The first kappa shape index (κ1) is 18.1. The van der Waals surface area contributed by atoms with Crippen LogP contribution in [0.4, 0.5) is 10.5 Å². The summed E-state index contributed by atoms with van der Waals surface area (Å²) in [5, 5.41) is 5.96. The van der Waals surface area contributed by atoms with Gasteiger partial charge in [0.1, 0.15) is 0 Å². The number of aryl methyl sites for hydroxylation is 1. The number of rotatable bonds is 6. The number of aromatic nitrogens is 1. The number of anilines is 1. The van der Waals surface area contributed by atoms with Gasteiger partial charge < -0.3 is 20.1 Å². The Hall–Kier alpha value is -1.70. The quantitative estimate of drug-likeness (QED) is 0.820. The fraction of sp³-hybridized carbons (Fsp3) is 0.667. The molecule has 1 saturated carbocycles. The molecule has 7 heteroatoms. The Morgan fingerprint density at radius 3 is 2.88 bits per heavy atom. The van der Waals surface area contributed by atoms with Gasteiger partial charge in [-0.25, -0.2) is 4.79 Å². The number of morpholine rings is 1. The molecule has 2 aliphatic rings. The standard InChI is InChI=1S/C18H28N4O3/c1-3-25-15-10-18(11-15,22-6-8-24-9-7-22)13-20-17(23)21-16-4-5-19-12-14(16)2/h4-5,12,15H,3,6-11,13H2,1-2H3,(H2,19,20,21,23). The van der Waals surface area contributed by atoms with Crippen LogP contribution in [0.1, 0.15) is 25.3 Å². The lowest BCUT2D eigenvalue weighted by atomic mass is 9.72. The second-order valence-corrected chi connectivity index (χ2v) is 6.81. The minimum atomic E-state index is -0.179. The van der Waals surface area contributed by atoms with E-state index in [0.29, 0.717) is 12.6 Å². The van der Waals surface area contributed by atoms with E-state index in [1.165, 1.54) is 0 Å². The Bertz CT molecular complexity index is 583. The van der Waals surface area contributed by atoms with Crippen molar-refractivity contribution in [1.29, 1.82) is 0 Å². The van der Waals surface area contributed by atoms with Gasteiger partial charge in [0, 0.05) is 49.9 Å². The number of nitrogens with zero attached hydrogens (tertiary/aromatic N) is 2. The highest BCUT2D eigenvalue weighted by atomic mass is 16.5. The van der Waals surface area contributed by atoms with Gasteiger partial charge in [-0.05, 0) is 38.3 Å². The number of carbonyl (C=O) groups excluding carboxylic acids is 1.